The third-order valence-electron chi connectivity index (χ3n) is 3.30. The van der Waals surface area contributed by atoms with Crippen LogP contribution in [0.1, 0.15) is 15.9 Å². The second kappa shape index (κ2) is 7.79. The number of ether oxygens (including phenoxy) is 3. The van der Waals surface area contributed by atoms with Crippen molar-refractivity contribution in [1.29, 1.82) is 5.26 Å². The van der Waals surface area contributed by atoms with Crippen LogP contribution in [0.4, 0.5) is 11.4 Å². The number of carboxylic acid groups (broad SMARTS) is 1. The van der Waals surface area contributed by atoms with Crippen LogP contribution in [0, 0.1) is 11.3 Å². The van der Waals surface area contributed by atoms with Crippen LogP contribution in [-0.4, -0.2) is 32.4 Å². The largest absolute Gasteiger partial charge is 0.493 e. The molecular formula is C17H15N3O5. The lowest BCUT2D eigenvalue weighted by Crippen LogP contribution is -2.02. The first-order valence-corrected chi connectivity index (χ1v) is 7.03. The number of azo groups is 1. The minimum Gasteiger partial charge on any atom is -0.493 e. The highest BCUT2D eigenvalue weighted by Crippen LogP contribution is 2.47. The number of hydrogen-bond donors (Lipinski definition) is 1. The highest BCUT2D eigenvalue weighted by Gasteiger charge is 2.24. The number of carbonyl (C=O) groups is 1. The summed E-state index contributed by atoms with van der Waals surface area (Å²) in [4.78, 5) is 11.6. The van der Waals surface area contributed by atoms with Gasteiger partial charge in [0.15, 0.2) is 11.5 Å². The summed E-state index contributed by atoms with van der Waals surface area (Å²) < 4.78 is 15.6. The van der Waals surface area contributed by atoms with Gasteiger partial charge in [0.2, 0.25) is 5.75 Å². The van der Waals surface area contributed by atoms with Crippen LogP contribution >= 0.6 is 0 Å². The summed E-state index contributed by atoms with van der Waals surface area (Å²) in [5.41, 5.74) is 0.782. The topological polar surface area (TPSA) is 114 Å². The number of methoxy groups -OCH3 is 3. The summed E-state index contributed by atoms with van der Waals surface area (Å²) in [7, 11) is 4.16. The molecule has 2 aromatic carbocycles. The molecule has 8 nitrogen and oxygen atoms in total. The lowest BCUT2D eigenvalue weighted by molar-refractivity contribution is 0.0697. The molecule has 0 bridgehead atoms. The van der Waals surface area contributed by atoms with Crippen LogP contribution in [-0.2, 0) is 0 Å². The first-order valence-electron chi connectivity index (χ1n) is 7.03. The lowest BCUT2D eigenvalue weighted by atomic mass is 10.1. The first-order chi connectivity index (χ1) is 12.0. The lowest BCUT2D eigenvalue weighted by Gasteiger charge is -2.15. The van der Waals surface area contributed by atoms with Crippen molar-refractivity contribution in [3.63, 3.8) is 0 Å². The fourth-order valence-electron chi connectivity index (χ4n) is 2.11. The summed E-state index contributed by atoms with van der Waals surface area (Å²) >= 11 is 0. The van der Waals surface area contributed by atoms with Crippen molar-refractivity contribution >= 4 is 17.3 Å². The normalized spacial score (nSPS) is 10.3. The quantitative estimate of drug-likeness (QED) is 0.801. The average Bonchev–Trinajstić information content (AvgIpc) is 2.64. The van der Waals surface area contributed by atoms with E-state index in [1.807, 2.05) is 6.07 Å². The molecule has 0 unspecified atom stereocenters. The van der Waals surface area contributed by atoms with Gasteiger partial charge in [-0.15, -0.1) is 5.11 Å². The van der Waals surface area contributed by atoms with Gasteiger partial charge in [-0.05, 0) is 24.3 Å². The van der Waals surface area contributed by atoms with Crippen LogP contribution in [0.25, 0.3) is 0 Å². The van der Waals surface area contributed by atoms with Crippen molar-refractivity contribution in [2.45, 2.75) is 0 Å². The van der Waals surface area contributed by atoms with Gasteiger partial charge in [0.1, 0.15) is 5.69 Å². The summed E-state index contributed by atoms with van der Waals surface area (Å²) in [6.45, 7) is 0. The van der Waals surface area contributed by atoms with Gasteiger partial charge in [0, 0.05) is 6.07 Å². The van der Waals surface area contributed by atoms with E-state index < -0.39 is 5.97 Å². The Labute approximate surface area is 143 Å². The maximum atomic E-state index is 11.6. The van der Waals surface area contributed by atoms with E-state index >= 15 is 0 Å². The maximum absolute atomic E-state index is 11.6. The molecule has 2 rings (SSSR count). The third kappa shape index (κ3) is 3.67. The molecule has 128 valence electrons. The molecular weight excluding hydrogens is 326 g/mol. The molecule has 2 aromatic rings. The van der Waals surface area contributed by atoms with Crippen LogP contribution < -0.4 is 14.2 Å². The Morgan fingerprint density at radius 1 is 1.04 bits per heavy atom. The number of nitriles is 1. The first kappa shape index (κ1) is 17.7. The van der Waals surface area contributed by atoms with Crippen LogP contribution in [0.3, 0.4) is 0 Å². The number of rotatable bonds is 6. The molecule has 0 radical (unpaired) electrons. The predicted molar refractivity (Wildman–Crippen MR) is 88.4 cm³/mol. The Morgan fingerprint density at radius 2 is 1.68 bits per heavy atom. The predicted octanol–water partition coefficient (Wildman–Crippen LogP) is 3.70. The SMILES string of the molecule is COc1cc(C(=O)O)c(N=Nc2ccc(C#N)cc2)c(OC)c1OC. The number of aromatic carboxylic acids is 1. The average molecular weight is 341 g/mol. The van der Waals surface area contributed by atoms with Crippen LogP contribution in [0.5, 0.6) is 17.2 Å². The third-order valence-corrected chi connectivity index (χ3v) is 3.30. The fourth-order valence-corrected chi connectivity index (χ4v) is 2.11. The Morgan fingerprint density at radius 3 is 2.16 bits per heavy atom. The molecule has 0 aliphatic rings. The van der Waals surface area contributed by atoms with Gasteiger partial charge in [-0.25, -0.2) is 4.79 Å². The number of nitrogens with zero attached hydrogens (tertiary/aromatic N) is 3. The molecule has 0 aliphatic heterocycles. The minimum absolute atomic E-state index is 0.00277. The van der Waals surface area contributed by atoms with Gasteiger partial charge < -0.3 is 19.3 Å². The van der Waals surface area contributed by atoms with E-state index in [1.165, 1.54) is 27.4 Å². The molecule has 0 saturated heterocycles. The molecule has 0 aliphatic carbocycles. The summed E-state index contributed by atoms with van der Waals surface area (Å²) in [5.74, 6) is -0.706. The molecule has 0 fully saturated rings. The van der Waals surface area contributed by atoms with E-state index in [4.69, 9.17) is 19.5 Å². The summed E-state index contributed by atoms with van der Waals surface area (Å²) in [6, 6.07) is 9.64. The molecule has 0 saturated carbocycles. The summed E-state index contributed by atoms with van der Waals surface area (Å²) in [6.07, 6.45) is 0. The van der Waals surface area contributed by atoms with Gasteiger partial charge >= 0.3 is 5.97 Å². The smallest absolute Gasteiger partial charge is 0.338 e. The Bertz CT molecular complexity index is 854. The molecule has 0 atom stereocenters. The van der Waals surface area contributed by atoms with Crippen molar-refractivity contribution in [3.8, 4) is 23.3 Å². The highest BCUT2D eigenvalue weighted by molar-refractivity contribution is 5.97. The van der Waals surface area contributed by atoms with E-state index in [2.05, 4.69) is 10.2 Å². The van der Waals surface area contributed by atoms with Crippen molar-refractivity contribution in [2.75, 3.05) is 21.3 Å². The molecule has 0 spiro atoms. The zero-order valence-electron chi connectivity index (χ0n) is 13.8. The van der Waals surface area contributed by atoms with Crippen molar-refractivity contribution < 1.29 is 24.1 Å². The van der Waals surface area contributed by atoms with Gasteiger partial charge in [-0.1, -0.05) is 0 Å². The zero-order valence-corrected chi connectivity index (χ0v) is 13.8. The second-order valence-electron chi connectivity index (χ2n) is 4.71. The Hall–Kier alpha value is -3.60. The standard InChI is InChI=1S/C17H15N3O5/c1-23-13-8-12(17(21)22)14(16(25-3)15(13)24-2)20-19-11-6-4-10(9-18)5-7-11/h4-8H,1-3H3,(H,21,22). The molecule has 0 heterocycles. The summed E-state index contributed by atoms with van der Waals surface area (Å²) in [5, 5.41) is 26.3. The van der Waals surface area contributed by atoms with E-state index in [9.17, 15) is 9.90 Å². The van der Waals surface area contributed by atoms with Crippen molar-refractivity contribution in [1.82, 2.24) is 0 Å². The number of carboxylic acids is 1. The molecule has 8 heteroatoms. The van der Waals surface area contributed by atoms with Gasteiger partial charge in [-0.3, -0.25) is 0 Å². The highest BCUT2D eigenvalue weighted by atomic mass is 16.5. The maximum Gasteiger partial charge on any atom is 0.338 e. The number of benzene rings is 2. The van der Waals surface area contributed by atoms with E-state index in [1.54, 1.807) is 24.3 Å². The number of hydrogen-bond acceptors (Lipinski definition) is 7. The molecule has 25 heavy (non-hydrogen) atoms. The van der Waals surface area contributed by atoms with E-state index in [0.717, 1.165) is 0 Å². The van der Waals surface area contributed by atoms with E-state index in [-0.39, 0.29) is 28.5 Å². The second-order valence-corrected chi connectivity index (χ2v) is 4.71. The minimum atomic E-state index is -1.21. The van der Waals surface area contributed by atoms with Crippen LogP contribution in [0.15, 0.2) is 40.6 Å². The van der Waals surface area contributed by atoms with Gasteiger partial charge in [0.25, 0.3) is 0 Å². The fraction of sp³-hybridized carbons (Fsp3) is 0.176. The van der Waals surface area contributed by atoms with Crippen molar-refractivity contribution in [3.05, 3.63) is 41.5 Å². The Balaban J connectivity index is 2.59. The van der Waals surface area contributed by atoms with Crippen molar-refractivity contribution in [2.24, 2.45) is 10.2 Å². The van der Waals surface area contributed by atoms with Crippen LogP contribution in [0.2, 0.25) is 0 Å². The van der Waals surface area contributed by atoms with E-state index in [0.29, 0.717) is 11.3 Å². The molecule has 0 amide bonds. The monoisotopic (exact) mass is 341 g/mol. The van der Waals surface area contributed by atoms with Gasteiger partial charge in [0.05, 0.1) is 44.2 Å². The van der Waals surface area contributed by atoms with Gasteiger partial charge in [-0.2, -0.15) is 10.4 Å². The zero-order chi connectivity index (χ0) is 18.4. The molecule has 0 aromatic heterocycles. The Kier molecular flexibility index (Phi) is 5.53. The molecule has 1 N–H and O–H groups in total.